The number of carbonyl (C=O) groups excluding carboxylic acids is 1. The van der Waals surface area contributed by atoms with Gasteiger partial charge in [-0.1, -0.05) is 12.7 Å². The van der Waals surface area contributed by atoms with Gasteiger partial charge in [-0.3, -0.25) is 0 Å². The second-order valence-electron chi connectivity index (χ2n) is 2.24. The number of aromatic nitrogens is 2. The summed E-state index contributed by atoms with van der Waals surface area (Å²) >= 11 is 0. The van der Waals surface area contributed by atoms with Gasteiger partial charge in [0.15, 0.2) is 6.33 Å². The van der Waals surface area contributed by atoms with Crippen LogP contribution in [0.25, 0.3) is 0 Å². The van der Waals surface area contributed by atoms with E-state index in [1.807, 2.05) is 0 Å². The maximum absolute atomic E-state index is 11.1. The van der Waals surface area contributed by atoms with E-state index < -0.39 is 16.8 Å². The van der Waals surface area contributed by atoms with E-state index in [-0.39, 0.29) is 6.61 Å². The fourth-order valence-corrected chi connectivity index (χ4v) is 0.764. The number of nitro groups is 1. The summed E-state index contributed by atoms with van der Waals surface area (Å²) in [5.41, 5.74) is 0. The second-order valence-corrected chi connectivity index (χ2v) is 2.24. The molecule has 0 fully saturated rings. The Balaban J connectivity index is 2.84. The predicted molar refractivity (Wildman–Crippen MR) is 45.8 cm³/mol. The zero-order valence-electron chi connectivity index (χ0n) is 7.12. The largest absolute Gasteiger partial charge is 0.513 e. The average Bonchev–Trinajstić information content (AvgIpc) is 2.62. The summed E-state index contributed by atoms with van der Waals surface area (Å²) in [6.07, 6.45) is 2.49. The Morgan fingerprint density at radius 3 is 3.14 bits per heavy atom. The molecular weight excluding hydrogens is 190 g/mol. The molecule has 0 spiro atoms. The Morgan fingerprint density at radius 2 is 2.57 bits per heavy atom. The van der Waals surface area contributed by atoms with E-state index in [1.54, 1.807) is 0 Å². The number of imidazole rings is 1. The molecule has 0 aromatic carbocycles. The third-order valence-electron chi connectivity index (χ3n) is 1.33. The monoisotopic (exact) mass is 197 g/mol. The van der Waals surface area contributed by atoms with Crippen LogP contribution in [0.3, 0.4) is 0 Å². The molecule has 0 aliphatic rings. The van der Waals surface area contributed by atoms with Crippen LogP contribution in [-0.4, -0.2) is 27.2 Å². The minimum atomic E-state index is -0.853. The molecule has 1 aromatic heterocycles. The van der Waals surface area contributed by atoms with Gasteiger partial charge in [-0.15, -0.1) is 4.57 Å². The molecule has 0 aliphatic carbocycles. The lowest BCUT2D eigenvalue weighted by atomic mass is 10.7. The molecule has 1 rings (SSSR count). The topological polar surface area (TPSA) is 87.3 Å². The molecule has 1 heterocycles. The van der Waals surface area contributed by atoms with E-state index in [9.17, 15) is 14.9 Å². The Labute approximate surface area is 78.8 Å². The highest BCUT2D eigenvalue weighted by Gasteiger charge is 2.21. The van der Waals surface area contributed by atoms with Crippen molar-refractivity contribution < 1.29 is 14.5 Å². The van der Waals surface area contributed by atoms with Gasteiger partial charge < -0.3 is 14.9 Å². The zero-order valence-corrected chi connectivity index (χ0v) is 7.12. The van der Waals surface area contributed by atoms with Crippen molar-refractivity contribution in [3.05, 3.63) is 35.3 Å². The van der Waals surface area contributed by atoms with Gasteiger partial charge in [-0.05, 0) is 4.92 Å². The minimum absolute atomic E-state index is 0.00579. The number of carbonyl (C=O) groups is 1. The first kappa shape index (κ1) is 9.90. The molecule has 7 nitrogen and oxygen atoms in total. The van der Waals surface area contributed by atoms with E-state index in [2.05, 4.69) is 16.3 Å². The first-order valence-electron chi connectivity index (χ1n) is 3.61. The van der Waals surface area contributed by atoms with E-state index in [4.69, 9.17) is 0 Å². The number of nitrogens with zero attached hydrogens (tertiary/aromatic N) is 3. The summed E-state index contributed by atoms with van der Waals surface area (Å²) in [6, 6.07) is 0. The zero-order chi connectivity index (χ0) is 10.6. The Hall–Kier alpha value is -2.18. The van der Waals surface area contributed by atoms with Crippen LogP contribution in [0.5, 0.6) is 0 Å². The normalized spacial score (nSPS) is 9.43. The molecule has 0 N–H and O–H groups in total. The molecule has 74 valence electrons. The van der Waals surface area contributed by atoms with E-state index >= 15 is 0 Å². The Kier molecular flexibility index (Phi) is 2.95. The standard InChI is InChI=1S/C7H7N3O4/c1-2-3-14-7(11)9-5-8-4-6(9)10(12)13/h2,4-5H,1,3H2. The number of hydrogen-bond acceptors (Lipinski definition) is 5. The highest BCUT2D eigenvalue weighted by Crippen LogP contribution is 2.09. The number of rotatable bonds is 3. The second kappa shape index (κ2) is 4.17. The van der Waals surface area contributed by atoms with E-state index in [0.717, 1.165) is 12.5 Å². The molecule has 1 aromatic rings. The van der Waals surface area contributed by atoms with Crippen LogP contribution < -0.4 is 0 Å². The summed E-state index contributed by atoms with van der Waals surface area (Å²) in [4.78, 5) is 24.3. The number of hydrogen-bond donors (Lipinski definition) is 0. The van der Waals surface area contributed by atoms with Gasteiger partial charge in [0.25, 0.3) is 0 Å². The van der Waals surface area contributed by atoms with Crippen molar-refractivity contribution in [2.45, 2.75) is 0 Å². The number of ether oxygens (including phenoxy) is 1. The first-order valence-corrected chi connectivity index (χ1v) is 3.61. The Morgan fingerprint density at radius 1 is 1.86 bits per heavy atom. The SMILES string of the molecule is C=CCOC(=O)n1cncc1[N+](=O)[O-]. The minimum Gasteiger partial charge on any atom is -0.427 e. The van der Waals surface area contributed by atoms with Crippen LogP contribution in [0.4, 0.5) is 10.6 Å². The summed E-state index contributed by atoms with van der Waals surface area (Å²) in [5, 5.41) is 10.4. The molecule has 0 radical (unpaired) electrons. The van der Waals surface area contributed by atoms with Crippen LogP contribution >= 0.6 is 0 Å². The lowest BCUT2D eigenvalue weighted by molar-refractivity contribution is -0.391. The third kappa shape index (κ3) is 1.94. The van der Waals surface area contributed by atoms with Crippen LogP contribution in [0, 0.1) is 10.1 Å². The fourth-order valence-electron chi connectivity index (χ4n) is 0.764. The van der Waals surface area contributed by atoms with Crippen LogP contribution in [-0.2, 0) is 4.74 Å². The predicted octanol–water partition coefficient (Wildman–Crippen LogP) is 0.962. The molecule has 0 saturated heterocycles. The fraction of sp³-hybridized carbons (Fsp3) is 0.143. The van der Waals surface area contributed by atoms with Crippen LogP contribution in [0.15, 0.2) is 25.2 Å². The highest BCUT2D eigenvalue weighted by molar-refractivity contribution is 5.73. The van der Waals surface area contributed by atoms with Crippen molar-refractivity contribution in [2.24, 2.45) is 0 Å². The van der Waals surface area contributed by atoms with Gasteiger partial charge in [0, 0.05) is 0 Å². The van der Waals surface area contributed by atoms with E-state index in [1.165, 1.54) is 6.08 Å². The van der Waals surface area contributed by atoms with Gasteiger partial charge in [0.2, 0.25) is 0 Å². The van der Waals surface area contributed by atoms with Crippen molar-refractivity contribution in [3.63, 3.8) is 0 Å². The third-order valence-corrected chi connectivity index (χ3v) is 1.33. The summed E-state index contributed by atoms with van der Waals surface area (Å²) in [5.74, 6) is -0.431. The maximum Gasteiger partial charge on any atom is 0.513 e. The van der Waals surface area contributed by atoms with E-state index in [0.29, 0.717) is 4.57 Å². The van der Waals surface area contributed by atoms with Gasteiger partial charge >= 0.3 is 11.9 Å². The van der Waals surface area contributed by atoms with Crippen LogP contribution in [0.1, 0.15) is 0 Å². The van der Waals surface area contributed by atoms with Crippen LogP contribution in [0.2, 0.25) is 0 Å². The average molecular weight is 197 g/mol. The smallest absolute Gasteiger partial charge is 0.427 e. The highest BCUT2D eigenvalue weighted by atomic mass is 16.6. The Bertz CT molecular complexity index is 371. The van der Waals surface area contributed by atoms with Crippen molar-refractivity contribution in [3.8, 4) is 0 Å². The first-order chi connectivity index (χ1) is 6.66. The van der Waals surface area contributed by atoms with Crippen molar-refractivity contribution in [2.75, 3.05) is 6.61 Å². The molecule has 0 saturated carbocycles. The molecule has 0 bridgehead atoms. The molecule has 7 heteroatoms. The molecule has 14 heavy (non-hydrogen) atoms. The molecule has 0 amide bonds. The molecule has 0 unspecified atom stereocenters. The van der Waals surface area contributed by atoms with Crippen molar-refractivity contribution in [1.82, 2.24) is 9.55 Å². The molecule has 0 aliphatic heterocycles. The summed E-state index contributed by atoms with van der Waals surface area (Å²) in [6.45, 7) is 3.33. The van der Waals surface area contributed by atoms with Crippen molar-refractivity contribution >= 4 is 11.9 Å². The maximum atomic E-state index is 11.1. The lowest BCUT2D eigenvalue weighted by Gasteiger charge is -1.98. The quantitative estimate of drug-likeness (QED) is 0.409. The summed E-state index contributed by atoms with van der Waals surface area (Å²) < 4.78 is 5.30. The van der Waals surface area contributed by atoms with Gasteiger partial charge in [0.05, 0.1) is 0 Å². The van der Waals surface area contributed by atoms with Gasteiger partial charge in [0.1, 0.15) is 12.8 Å². The van der Waals surface area contributed by atoms with Gasteiger partial charge in [-0.2, -0.15) is 4.79 Å². The lowest BCUT2D eigenvalue weighted by Crippen LogP contribution is -2.14. The molecular formula is C7H7N3O4. The van der Waals surface area contributed by atoms with Crippen molar-refractivity contribution in [1.29, 1.82) is 0 Å². The van der Waals surface area contributed by atoms with Gasteiger partial charge in [-0.25, -0.2) is 4.98 Å². The molecule has 0 atom stereocenters. The summed E-state index contributed by atoms with van der Waals surface area (Å²) in [7, 11) is 0.